The SMILES string of the molecule is CC[C@@]12C=C(c3cnc(C)c(C)n3)n3c4c(c5ccccc53)CCN(CCC1)C42. The lowest BCUT2D eigenvalue weighted by Crippen LogP contribution is -2.50. The third kappa shape index (κ3) is 2.24. The molecule has 0 saturated carbocycles. The van der Waals surface area contributed by atoms with Crippen LogP contribution in [0.2, 0.25) is 0 Å². The standard InChI is InChI=1S/C25H28N4/c1-4-25-11-7-12-28-13-10-19-18-8-5-6-9-21(18)29(23(19)24(25)28)22(14-25)20-15-26-16(2)17(3)27-20/h5-6,8-9,14-15,24H,4,7,10-13H2,1-3H3/t24?,25-/m0/s1. The van der Waals surface area contributed by atoms with Gasteiger partial charge in [-0.1, -0.05) is 25.1 Å². The predicted octanol–water partition coefficient (Wildman–Crippen LogP) is 5.04. The van der Waals surface area contributed by atoms with Crippen LogP contribution < -0.4 is 0 Å². The zero-order valence-corrected chi connectivity index (χ0v) is 17.6. The Balaban J connectivity index is 1.72. The van der Waals surface area contributed by atoms with Gasteiger partial charge in [0.2, 0.25) is 0 Å². The Morgan fingerprint density at radius 1 is 1.14 bits per heavy atom. The van der Waals surface area contributed by atoms with Crippen molar-refractivity contribution >= 4 is 16.6 Å². The number of rotatable bonds is 2. The first-order valence-electron chi connectivity index (χ1n) is 11.0. The van der Waals surface area contributed by atoms with Gasteiger partial charge in [0.15, 0.2) is 0 Å². The maximum Gasteiger partial charge on any atom is 0.105 e. The minimum absolute atomic E-state index is 0.188. The lowest BCUT2D eigenvalue weighted by atomic mass is 9.66. The number of para-hydroxylation sites is 1. The van der Waals surface area contributed by atoms with Gasteiger partial charge in [0.25, 0.3) is 0 Å². The summed E-state index contributed by atoms with van der Waals surface area (Å²) in [6, 6.07) is 9.43. The number of nitrogens with zero attached hydrogens (tertiary/aromatic N) is 4. The summed E-state index contributed by atoms with van der Waals surface area (Å²) in [5.74, 6) is 0. The van der Waals surface area contributed by atoms with Crippen LogP contribution in [0.5, 0.6) is 0 Å². The predicted molar refractivity (Wildman–Crippen MR) is 117 cm³/mol. The van der Waals surface area contributed by atoms with Crippen molar-refractivity contribution in [1.82, 2.24) is 19.4 Å². The second-order valence-corrected chi connectivity index (χ2v) is 9.05. The fourth-order valence-electron chi connectivity index (χ4n) is 6.13. The molecule has 3 aromatic rings. The van der Waals surface area contributed by atoms with Crippen LogP contribution >= 0.6 is 0 Å². The summed E-state index contributed by atoms with van der Waals surface area (Å²) in [5, 5.41) is 1.42. The fraction of sp³-hybridized carbons (Fsp3) is 0.440. The van der Waals surface area contributed by atoms with E-state index in [2.05, 4.69) is 58.6 Å². The molecule has 1 unspecified atom stereocenters. The highest BCUT2D eigenvalue weighted by molar-refractivity contribution is 5.91. The van der Waals surface area contributed by atoms with E-state index < -0.39 is 0 Å². The summed E-state index contributed by atoms with van der Waals surface area (Å²) >= 11 is 0. The lowest BCUT2D eigenvalue weighted by molar-refractivity contribution is 0.0271. The Labute approximate surface area is 172 Å². The number of aromatic nitrogens is 3. The number of fused-ring (bicyclic) bond motifs is 3. The average molecular weight is 385 g/mol. The van der Waals surface area contributed by atoms with E-state index in [-0.39, 0.29) is 5.41 Å². The van der Waals surface area contributed by atoms with E-state index in [1.165, 1.54) is 48.2 Å². The lowest BCUT2D eigenvalue weighted by Gasteiger charge is -2.53. The zero-order valence-electron chi connectivity index (χ0n) is 17.6. The van der Waals surface area contributed by atoms with E-state index in [4.69, 9.17) is 4.98 Å². The second-order valence-electron chi connectivity index (χ2n) is 9.05. The number of piperidine rings is 1. The molecule has 3 aliphatic rings. The van der Waals surface area contributed by atoms with Crippen LogP contribution in [0, 0.1) is 19.3 Å². The first kappa shape index (κ1) is 17.4. The molecule has 1 fully saturated rings. The fourth-order valence-corrected chi connectivity index (χ4v) is 6.13. The molecule has 0 N–H and O–H groups in total. The van der Waals surface area contributed by atoms with Crippen molar-refractivity contribution < 1.29 is 0 Å². The molecule has 2 aromatic heterocycles. The van der Waals surface area contributed by atoms with Gasteiger partial charge in [0, 0.05) is 23.0 Å². The number of benzene rings is 1. The topological polar surface area (TPSA) is 34.0 Å². The maximum absolute atomic E-state index is 4.99. The van der Waals surface area contributed by atoms with Gasteiger partial charge in [-0.15, -0.1) is 0 Å². The Kier molecular flexibility index (Phi) is 3.61. The normalized spacial score (nSPS) is 25.8. The van der Waals surface area contributed by atoms with Crippen LogP contribution in [0.25, 0.3) is 16.6 Å². The van der Waals surface area contributed by atoms with Crippen molar-refractivity contribution in [3.05, 3.63) is 64.9 Å². The number of hydrogen-bond donors (Lipinski definition) is 0. The second kappa shape index (κ2) is 6.02. The molecule has 0 amide bonds. The van der Waals surface area contributed by atoms with Crippen molar-refractivity contribution in [2.24, 2.45) is 5.41 Å². The summed E-state index contributed by atoms with van der Waals surface area (Å²) in [6.45, 7) is 8.88. The van der Waals surface area contributed by atoms with Gasteiger partial charge in [-0.05, 0) is 63.8 Å². The Bertz CT molecular complexity index is 1170. The first-order valence-corrected chi connectivity index (χ1v) is 11.0. The van der Waals surface area contributed by atoms with Gasteiger partial charge >= 0.3 is 0 Å². The molecule has 0 radical (unpaired) electrons. The van der Waals surface area contributed by atoms with Crippen LogP contribution in [-0.2, 0) is 6.42 Å². The highest BCUT2D eigenvalue weighted by Gasteiger charge is 2.50. The minimum atomic E-state index is 0.188. The van der Waals surface area contributed by atoms with Crippen LogP contribution in [0.15, 0.2) is 36.5 Å². The molecule has 4 heteroatoms. The number of aryl methyl sites for hydroxylation is 2. The molecular weight excluding hydrogens is 356 g/mol. The van der Waals surface area contributed by atoms with Crippen LogP contribution in [0.1, 0.15) is 60.6 Å². The van der Waals surface area contributed by atoms with Crippen molar-refractivity contribution in [2.45, 2.75) is 52.5 Å². The van der Waals surface area contributed by atoms with Crippen molar-refractivity contribution in [3.8, 4) is 0 Å². The van der Waals surface area contributed by atoms with Crippen LogP contribution in [0.3, 0.4) is 0 Å². The van der Waals surface area contributed by atoms with E-state index >= 15 is 0 Å². The molecule has 1 aromatic carbocycles. The first-order chi connectivity index (χ1) is 14.1. The Morgan fingerprint density at radius 2 is 2.00 bits per heavy atom. The molecule has 3 aliphatic heterocycles. The van der Waals surface area contributed by atoms with Crippen molar-refractivity contribution in [1.29, 1.82) is 0 Å². The zero-order chi connectivity index (χ0) is 19.8. The van der Waals surface area contributed by atoms with Gasteiger partial charge in [-0.2, -0.15) is 0 Å². The average Bonchev–Trinajstić information content (AvgIpc) is 3.09. The van der Waals surface area contributed by atoms with Crippen LogP contribution in [0.4, 0.5) is 0 Å². The van der Waals surface area contributed by atoms with Crippen molar-refractivity contribution in [2.75, 3.05) is 13.1 Å². The molecule has 29 heavy (non-hydrogen) atoms. The monoisotopic (exact) mass is 384 g/mol. The molecule has 0 aliphatic carbocycles. The third-order valence-electron chi connectivity index (χ3n) is 7.70. The summed E-state index contributed by atoms with van der Waals surface area (Å²) in [4.78, 5) is 12.4. The molecule has 5 heterocycles. The maximum atomic E-state index is 4.99. The van der Waals surface area contributed by atoms with Gasteiger partial charge in [0.1, 0.15) is 5.69 Å². The Morgan fingerprint density at radius 3 is 2.83 bits per heavy atom. The smallest absolute Gasteiger partial charge is 0.105 e. The molecule has 1 saturated heterocycles. The van der Waals surface area contributed by atoms with Gasteiger partial charge in [0.05, 0.1) is 34.8 Å². The molecule has 0 bridgehead atoms. The van der Waals surface area contributed by atoms with E-state index in [9.17, 15) is 0 Å². The van der Waals surface area contributed by atoms with Crippen LogP contribution in [-0.4, -0.2) is 32.5 Å². The number of hydrogen-bond acceptors (Lipinski definition) is 3. The van der Waals surface area contributed by atoms with Gasteiger partial charge in [-0.3, -0.25) is 9.88 Å². The van der Waals surface area contributed by atoms with E-state index in [0.717, 1.165) is 29.9 Å². The van der Waals surface area contributed by atoms with Crippen molar-refractivity contribution in [3.63, 3.8) is 0 Å². The molecule has 6 rings (SSSR count). The van der Waals surface area contributed by atoms with Gasteiger partial charge < -0.3 is 4.57 Å². The van der Waals surface area contributed by atoms with E-state index in [1.54, 1.807) is 5.56 Å². The minimum Gasteiger partial charge on any atom is -0.310 e. The summed E-state index contributed by atoms with van der Waals surface area (Å²) in [6.07, 6.45) is 9.39. The molecule has 4 nitrogen and oxygen atoms in total. The highest BCUT2D eigenvalue weighted by Crippen LogP contribution is 2.57. The highest BCUT2D eigenvalue weighted by atomic mass is 15.2. The Hall–Kier alpha value is -2.46. The summed E-state index contributed by atoms with van der Waals surface area (Å²) in [7, 11) is 0. The van der Waals surface area contributed by atoms with E-state index in [0.29, 0.717) is 6.04 Å². The van der Waals surface area contributed by atoms with E-state index in [1.807, 2.05) is 13.1 Å². The quantitative estimate of drug-likeness (QED) is 0.621. The van der Waals surface area contributed by atoms with Gasteiger partial charge in [-0.25, -0.2) is 4.98 Å². The molecular formula is C25H28N4. The summed E-state index contributed by atoms with van der Waals surface area (Å²) in [5.41, 5.74) is 8.86. The molecule has 148 valence electrons. The molecule has 2 atom stereocenters. The third-order valence-corrected chi connectivity index (χ3v) is 7.70. The molecule has 0 spiro atoms. The summed E-state index contributed by atoms with van der Waals surface area (Å²) < 4.78 is 2.53. The largest absolute Gasteiger partial charge is 0.310 e.